The van der Waals surface area contributed by atoms with Gasteiger partial charge in [-0.25, -0.2) is 0 Å². The van der Waals surface area contributed by atoms with Crippen LogP contribution in [0.25, 0.3) is 0 Å². The summed E-state index contributed by atoms with van der Waals surface area (Å²) >= 11 is 0. The summed E-state index contributed by atoms with van der Waals surface area (Å²) < 4.78 is 5.43. The Kier molecular flexibility index (Phi) is 5.65. The minimum atomic E-state index is 0.171. The van der Waals surface area contributed by atoms with Gasteiger partial charge in [0.25, 0.3) is 0 Å². The Bertz CT molecular complexity index is 191. The van der Waals surface area contributed by atoms with E-state index in [-0.39, 0.29) is 5.91 Å². The van der Waals surface area contributed by atoms with Crippen LogP contribution in [-0.2, 0) is 9.53 Å². The molecule has 0 radical (unpaired) electrons. The van der Waals surface area contributed by atoms with Crippen LogP contribution in [0, 0.1) is 0 Å². The molecular formula is C11H22N2O2. The zero-order chi connectivity index (χ0) is 11.1. The van der Waals surface area contributed by atoms with Crippen LogP contribution < -0.4 is 10.6 Å². The molecule has 0 atom stereocenters. The SMILES string of the molecule is CCOC1CC(NC(=O)CCCNC)C1. The molecule has 15 heavy (non-hydrogen) atoms. The van der Waals surface area contributed by atoms with E-state index in [9.17, 15) is 4.79 Å². The van der Waals surface area contributed by atoms with Gasteiger partial charge >= 0.3 is 0 Å². The topological polar surface area (TPSA) is 50.4 Å². The highest BCUT2D eigenvalue weighted by molar-refractivity contribution is 5.76. The van der Waals surface area contributed by atoms with Crippen molar-refractivity contribution in [1.82, 2.24) is 10.6 Å². The van der Waals surface area contributed by atoms with Gasteiger partial charge in [-0.3, -0.25) is 4.79 Å². The summed E-state index contributed by atoms with van der Waals surface area (Å²) in [5.74, 6) is 0.171. The number of carbonyl (C=O) groups is 1. The van der Waals surface area contributed by atoms with Crippen molar-refractivity contribution in [1.29, 1.82) is 0 Å². The molecule has 0 bridgehead atoms. The Morgan fingerprint density at radius 3 is 2.80 bits per heavy atom. The summed E-state index contributed by atoms with van der Waals surface area (Å²) in [6.45, 7) is 3.68. The van der Waals surface area contributed by atoms with Crippen LogP contribution in [0.2, 0.25) is 0 Å². The molecule has 4 heteroatoms. The summed E-state index contributed by atoms with van der Waals surface area (Å²) in [4.78, 5) is 11.4. The molecule has 4 nitrogen and oxygen atoms in total. The van der Waals surface area contributed by atoms with Crippen LogP contribution in [0.1, 0.15) is 32.6 Å². The molecule has 0 spiro atoms. The van der Waals surface area contributed by atoms with Gasteiger partial charge in [-0.05, 0) is 39.8 Å². The highest BCUT2D eigenvalue weighted by Crippen LogP contribution is 2.23. The number of rotatable bonds is 7. The average molecular weight is 214 g/mol. The van der Waals surface area contributed by atoms with Crippen molar-refractivity contribution in [3.63, 3.8) is 0 Å². The van der Waals surface area contributed by atoms with Gasteiger partial charge in [-0.2, -0.15) is 0 Å². The van der Waals surface area contributed by atoms with Crippen LogP contribution in [0.15, 0.2) is 0 Å². The molecule has 1 amide bonds. The van der Waals surface area contributed by atoms with Gasteiger partial charge in [-0.1, -0.05) is 0 Å². The zero-order valence-electron chi connectivity index (χ0n) is 9.71. The maximum absolute atomic E-state index is 11.4. The largest absolute Gasteiger partial charge is 0.378 e. The van der Waals surface area contributed by atoms with Crippen LogP contribution >= 0.6 is 0 Å². The Labute approximate surface area is 91.8 Å². The van der Waals surface area contributed by atoms with E-state index in [4.69, 9.17) is 4.74 Å². The zero-order valence-corrected chi connectivity index (χ0v) is 9.71. The molecule has 0 aromatic heterocycles. The lowest BCUT2D eigenvalue weighted by Gasteiger charge is -2.35. The van der Waals surface area contributed by atoms with E-state index in [1.807, 2.05) is 14.0 Å². The first kappa shape index (κ1) is 12.5. The molecule has 0 aliphatic heterocycles. The van der Waals surface area contributed by atoms with Crippen molar-refractivity contribution < 1.29 is 9.53 Å². The van der Waals surface area contributed by atoms with E-state index in [0.717, 1.165) is 32.4 Å². The molecule has 1 fully saturated rings. The van der Waals surface area contributed by atoms with Gasteiger partial charge in [0.1, 0.15) is 0 Å². The summed E-state index contributed by atoms with van der Waals surface area (Å²) in [7, 11) is 1.90. The van der Waals surface area contributed by atoms with Gasteiger partial charge in [0.05, 0.1) is 6.10 Å². The van der Waals surface area contributed by atoms with Gasteiger partial charge in [0, 0.05) is 19.1 Å². The Balaban J connectivity index is 1.98. The minimum absolute atomic E-state index is 0.171. The summed E-state index contributed by atoms with van der Waals surface area (Å²) in [6.07, 6.45) is 3.86. The van der Waals surface area contributed by atoms with Crippen molar-refractivity contribution in [3.05, 3.63) is 0 Å². The van der Waals surface area contributed by atoms with Crippen molar-refractivity contribution in [2.24, 2.45) is 0 Å². The molecule has 88 valence electrons. The number of hydrogen-bond acceptors (Lipinski definition) is 3. The van der Waals surface area contributed by atoms with E-state index in [2.05, 4.69) is 10.6 Å². The average Bonchev–Trinajstić information content (AvgIpc) is 2.15. The molecule has 0 unspecified atom stereocenters. The number of hydrogen-bond donors (Lipinski definition) is 2. The van der Waals surface area contributed by atoms with Crippen molar-refractivity contribution >= 4 is 5.91 Å². The van der Waals surface area contributed by atoms with Gasteiger partial charge in [0.15, 0.2) is 0 Å². The Morgan fingerprint density at radius 1 is 1.47 bits per heavy atom. The standard InChI is InChI=1S/C11H22N2O2/c1-3-15-10-7-9(8-10)13-11(14)5-4-6-12-2/h9-10,12H,3-8H2,1-2H3,(H,13,14). The number of carbonyl (C=O) groups excluding carboxylic acids is 1. The highest BCUT2D eigenvalue weighted by atomic mass is 16.5. The summed E-state index contributed by atoms with van der Waals surface area (Å²) in [5.41, 5.74) is 0. The third-order valence-electron chi connectivity index (χ3n) is 2.69. The first-order valence-corrected chi connectivity index (χ1v) is 5.81. The molecule has 0 aromatic rings. The second-order valence-electron chi connectivity index (χ2n) is 4.02. The lowest BCUT2D eigenvalue weighted by Crippen LogP contribution is -2.47. The van der Waals surface area contributed by atoms with E-state index in [1.165, 1.54) is 0 Å². The van der Waals surface area contributed by atoms with E-state index in [0.29, 0.717) is 18.6 Å². The molecule has 0 aromatic carbocycles. The van der Waals surface area contributed by atoms with Crippen LogP contribution in [0.4, 0.5) is 0 Å². The Hall–Kier alpha value is -0.610. The maximum Gasteiger partial charge on any atom is 0.220 e. The fraction of sp³-hybridized carbons (Fsp3) is 0.909. The number of ether oxygens (including phenoxy) is 1. The van der Waals surface area contributed by atoms with Crippen molar-refractivity contribution in [2.75, 3.05) is 20.2 Å². The van der Waals surface area contributed by atoms with Crippen LogP contribution in [0.5, 0.6) is 0 Å². The third kappa shape index (κ3) is 4.62. The molecule has 1 aliphatic carbocycles. The fourth-order valence-corrected chi connectivity index (χ4v) is 1.78. The molecule has 1 aliphatic rings. The lowest BCUT2D eigenvalue weighted by atomic mass is 9.89. The molecule has 0 heterocycles. The molecule has 1 saturated carbocycles. The summed E-state index contributed by atoms with van der Waals surface area (Å²) in [6, 6.07) is 0.351. The van der Waals surface area contributed by atoms with Crippen molar-refractivity contribution in [3.8, 4) is 0 Å². The third-order valence-corrected chi connectivity index (χ3v) is 2.69. The second-order valence-corrected chi connectivity index (χ2v) is 4.02. The monoisotopic (exact) mass is 214 g/mol. The van der Waals surface area contributed by atoms with Crippen molar-refractivity contribution in [2.45, 2.75) is 44.8 Å². The molecular weight excluding hydrogens is 192 g/mol. The molecule has 0 saturated heterocycles. The normalized spacial score (nSPS) is 24.7. The van der Waals surface area contributed by atoms with Gasteiger partial charge < -0.3 is 15.4 Å². The number of amides is 1. The molecule has 1 rings (SSSR count). The van der Waals surface area contributed by atoms with E-state index < -0.39 is 0 Å². The highest BCUT2D eigenvalue weighted by Gasteiger charge is 2.30. The summed E-state index contributed by atoms with van der Waals surface area (Å²) in [5, 5.41) is 6.05. The predicted octanol–water partition coefficient (Wildman–Crippen LogP) is 0.670. The van der Waals surface area contributed by atoms with E-state index in [1.54, 1.807) is 0 Å². The fourth-order valence-electron chi connectivity index (χ4n) is 1.78. The second kappa shape index (κ2) is 6.80. The first-order valence-electron chi connectivity index (χ1n) is 5.81. The van der Waals surface area contributed by atoms with E-state index >= 15 is 0 Å². The lowest BCUT2D eigenvalue weighted by molar-refractivity contribution is -0.123. The number of nitrogens with one attached hydrogen (secondary N) is 2. The van der Waals surface area contributed by atoms with Gasteiger partial charge in [0.2, 0.25) is 5.91 Å². The smallest absolute Gasteiger partial charge is 0.220 e. The quantitative estimate of drug-likeness (QED) is 0.612. The maximum atomic E-state index is 11.4. The van der Waals surface area contributed by atoms with Crippen LogP contribution in [0.3, 0.4) is 0 Å². The predicted molar refractivity (Wildman–Crippen MR) is 59.7 cm³/mol. The van der Waals surface area contributed by atoms with Gasteiger partial charge in [-0.15, -0.1) is 0 Å². The van der Waals surface area contributed by atoms with Crippen LogP contribution in [-0.4, -0.2) is 38.3 Å². The Morgan fingerprint density at radius 2 is 2.20 bits per heavy atom. The minimum Gasteiger partial charge on any atom is -0.378 e. The first-order chi connectivity index (χ1) is 7.26. The molecule has 2 N–H and O–H groups in total.